The molecule has 6 heteroatoms. The molecule has 1 aromatic heterocycles. The summed E-state index contributed by atoms with van der Waals surface area (Å²) in [5, 5.41) is 9.45. The second kappa shape index (κ2) is 8.76. The van der Waals surface area contributed by atoms with E-state index in [1.807, 2.05) is 32.0 Å². The van der Waals surface area contributed by atoms with Crippen LogP contribution in [0.3, 0.4) is 0 Å². The third-order valence-corrected chi connectivity index (χ3v) is 4.66. The first-order valence-electron chi connectivity index (χ1n) is 8.12. The van der Waals surface area contributed by atoms with E-state index in [2.05, 4.69) is 4.98 Å². The number of aryl methyl sites for hydroxylation is 1. The van der Waals surface area contributed by atoms with Crippen LogP contribution in [0.2, 0.25) is 0 Å². The van der Waals surface area contributed by atoms with Gasteiger partial charge in [0.05, 0.1) is 29.2 Å². The van der Waals surface area contributed by atoms with Crippen molar-refractivity contribution in [2.24, 2.45) is 0 Å². The van der Waals surface area contributed by atoms with Crippen molar-refractivity contribution in [3.8, 4) is 11.3 Å². The van der Waals surface area contributed by atoms with Crippen LogP contribution in [0, 0.1) is 0 Å². The Hall–Kier alpha value is -2.21. The minimum absolute atomic E-state index is 0.0496. The van der Waals surface area contributed by atoms with Crippen LogP contribution in [0.5, 0.6) is 0 Å². The molecule has 0 amide bonds. The Morgan fingerprint density at radius 3 is 2.32 bits per heavy atom. The van der Waals surface area contributed by atoms with Gasteiger partial charge in [-0.1, -0.05) is 55.9 Å². The van der Waals surface area contributed by atoms with E-state index < -0.39 is 12.6 Å². The van der Waals surface area contributed by atoms with Crippen molar-refractivity contribution in [1.29, 1.82) is 0 Å². The molecular formula is C19H20FNO3S. The lowest BCUT2D eigenvalue weighted by molar-refractivity contribution is 0.0696. The predicted molar refractivity (Wildman–Crippen MR) is 98.2 cm³/mol. The number of carbonyl (C=O) groups excluding carboxylic acids is 1. The number of hydrogen-bond donors (Lipinski definition) is 1. The Bertz CT molecular complexity index is 778. The Labute approximate surface area is 150 Å². The van der Waals surface area contributed by atoms with Crippen LogP contribution in [0.25, 0.3) is 11.3 Å². The number of alkyl halides is 1. The van der Waals surface area contributed by atoms with Crippen LogP contribution < -0.4 is 0 Å². The molecule has 2 aromatic rings. The van der Waals surface area contributed by atoms with Gasteiger partial charge in [-0.25, -0.2) is 4.79 Å². The molecule has 0 spiro atoms. The molecule has 0 radical (unpaired) electrons. The van der Waals surface area contributed by atoms with Gasteiger partial charge in [0.25, 0.3) is 0 Å². The van der Waals surface area contributed by atoms with E-state index in [0.29, 0.717) is 40.9 Å². The number of carboxylic acids is 1. The van der Waals surface area contributed by atoms with Crippen molar-refractivity contribution in [1.82, 2.24) is 4.98 Å². The minimum atomic E-state index is -1.12. The zero-order chi connectivity index (χ0) is 18.4. The van der Waals surface area contributed by atoms with Crippen LogP contribution in [0.15, 0.2) is 30.3 Å². The lowest BCUT2D eigenvalue weighted by Crippen LogP contribution is -2.16. The quantitative estimate of drug-likeness (QED) is 0.791. The largest absolute Gasteiger partial charge is 0.478 e. The lowest BCUT2D eigenvalue weighted by Gasteiger charge is -2.17. The first-order chi connectivity index (χ1) is 12.0. The number of pyridine rings is 1. The fourth-order valence-electron chi connectivity index (χ4n) is 2.78. The fraction of sp³-hybridized carbons (Fsp3) is 0.316. The van der Waals surface area contributed by atoms with Crippen LogP contribution in [-0.4, -0.2) is 33.6 Å². The van der Waals surface area contributed by atoms with E-state index in [1.54, 1.807) is 12.1 Å². The zero-order valence-electron chi connectivity index (χ0n) is 14.2. The second-order valence-electron chi connectivity index (χ2n) is 5.34. The molecule has 0 atom stereocenters. The number of hydrogen-bond acceptors (Lipinski definition) is 4. The zero-order valence-corrected chi connectivity index (χ0v) is 15.0. The molecule has 0 bridgehead atoms. The van der Waals surface area contributed by atoms with Gasteiger partial charge in [0.15, 0.2) is 0 Å². The van der Waals surface area contributed by atoms with Gasteiger partial charge in [0.2, 0.25) is 5.12 Å². The number of nitrogens with zero attached hydrogens (tertiary/aromatic N) is 1. The number of aromatic nitrogens is 1. The summed E-state index contributed by atoms with van der Waals surface area (Å²) in [7, 11) is 0. The van der Waals surface area contributed by atoms with E-state index in [9.17, 15) is 19.1 Å². The molecule has 1 N–H and O–H groups in total. The molecule has 0 fully saturated rings. The number of carboxylic acid groups (broad SMARTS) is 1. The van der Waals surface area contributed by atoms with Gasteiger partial charge >= 0.3 is 5.97 Å². The van der Waals surface area contributed by atoms with E-state index in [0.717, 1.165) is 11.8 Å². The van der Waals surface area contributed by atoms with Gasteiger partial charge in [-0.3, -0.25) is 14.2 Å². The minimum Gasteiger partial charge on any atom is -0.478 e. The van der Waals surface area contributed by atoms with Gasteiger partial charge in [0, 0.05) is 11.3 Å². The van der Waals surface area contributed by atoms with Gasteiger partial charge in [0.1, 0.15) is 0 Å². The van der Waals surface area contributed by atoms with Crippen LogP contribution in [0.1, 0.15) is 45.8 Å². The number of thioether (sulfide) groups is 1. The molecule has 0 saturated carbocycles. The Kier molecular flexibility index (Phi) is 6.70. The van der Waals surface area contributed by atoms with Gasteiger partial charge < -0.3 is 5.11 Å². The molecule has 1 heterocycles. The third kappa shape index (κ3) is 4.07. The first-order valence-corrected chi connectivity index (χ1v) is 9.11. The summed E-state index contributed by atoms with van der Waals surface area (Å²) < 4.78 is 12.4. The monoisotopic (exact) mass is 361 g/mol. The van der Waals surface area contributed by atoms with E-state index in [1.165, 1.54) is 0 Å². The van der Waals surface area contributed by atoms with Crippen molar-refractivity contribution in [2.75, 3.05) is 12.4 Å². The average molecular weight is 361 g/mol. The maximum atomic E-state index is 12.5. The lowest BCUT2D eigenvalue weighted by atomic mass is 9.93. The maximum absolute atomic E-state index is 12.5. The molecule has 132 valence electrons. The molecule has 25 heavy (non-hydrogen) atoms. The van der Waals surface area contributed by atoms with Crippen LogP contribution in [-0.2, 0) is 12.8 Å². The van der Waals surface area contributed by atoms with Crippen molar-refractivity contribution in [3.63, 3.8) is 0 Å². The number of carbonyl (C=O) groups is 2. The molecule has 4 nitrogen and oxygen atoms in total. The number of rotatable bonds is 7. The van der Waals surface area contributed by atoms with E-state index in [-0.39, 0.29) is 16.4 Å². The molecule has 0 aliphatic heterocycles. The van der Waals surface area contributed by atoms with Gasteiger partial charge in [-0.05, 0) is 18.4 Å². The van der Waals surface area contributed by atoms with Crippen molar-refractivity contribution >= 4 is 22.8 Å². The number of benzene rings is 1. The Balaban J connectivity index is 2.76. The summed E-state index contributed by atoms with van der Waals surface area (Å²) in [6, 6.07) is 9.07. The second-order valence-corrected chi connectivity index (χ2v) is 6.41. The SMILES string of the molecule is CCc1nc(-c2ccccc2)c(C(=O)O)c(CC)c1C(=O)SCCF. The van der Waals surface area contributed by atoms with Crippen molar-refractivity contribution in [3.05, 3.63) is 52.7 Å². The molecule has 1 aromatic carbocycles. The number of aromatic carboxylic acids is 1. The van der Waals surface area contributed by atoms with Crippen molar-refractivity contribution in [2.45, 2.75) is 26.7 Å². The summed E-state index contributed by atoms with van der Waals surface area (Å²) >= 11 is 0.864. The van der Waals surface area contributed by atoms with E-state index >= 15 is 0 Å². The summed E-state index contributed by atoms with van der Waals surface area (Å²) in [4.78, 5) is 29.0. The van der Waals surface area contributed by atoms with Gasteiger partial charge in [-0.15, -0.1) is 0 Å². The molecule has 0 aliphatic rings. The highest BCUT2D eigenvalue weighted by atomic mass is 32.2. The summed E-state index contributed by atoms with van der Waals surface area (Å²) in [6.45, 7) is 3.07. The summed E-state index contributed by atoms with van der Waals surface area (Å²) in [5.74, 6) is -1.07. The molecular weight excluding hydrogens is 341 g/mol. The normalized spacial score (nSPS) is 10.7. The van der Waals surface area contributed by atoms with E-state index in [4.69, 9.17) is 0 Å². The maximum Gasteiger partial charge on any atom is 0.338 e. The number of halogens is 1. The smallest absolute Gasteiger partial charge is 0.338 e. The molecule has 2 rings (SSSR count). The predicted octanol–water partition coefficient (Wildman–Crippen LogP) is 4.41. The Morgan fingerprint density at radius 2 is 1.80 bits per heavy atom. The van der Waals surface area contributed by atoms with Crippen LogP contribution in [0.4, 0.5) is 4.39 Å². The highest BCUT2D eigenvalue weighted by Gasteiger charge is 2.26. The highest BCUT2D eigenvalue weighted by molar-refractivity contribution is 8.14. The van der Waals surface area contributed by atoms with Gasteiger partial charge in [-0.2, -0.15) is 0 Å². The standard InChI is InChI=1S/C19H20FNO3S/c1-3-13-15(19(24)25-11-10-20)14(4-2)21-17(16(13)18(22)23)12-8-6-5-7-9-12/h5-9H,3-4,10-11H2,1-2H3,(H,22,23). The molecule has 0 unspecified atom stereocenters. The highest BCUT2D eigenvalue weighted by Crippen LogP contribution is 2.31. The fourth-order valence-corrected chi connectivity index (χ4v) is 3.43. The Morgan fingerprint density at radius 1 is 1.12 bits per heavy atom. The van der Waals surface area contributed by atoms with Crippen molar-refractivity contribution < 1.29 is 19.1 Å². The molecule has 0 saturated heterocycles. The van der Waals surface area contributed by atoms with Crippen LogP contribution >= 0.6 is 11.8 Å². The third-order valence-electron chi connectivity index (χ3n) is 3.84. The average Bonchev–Trinajstić information content (AvgIpc) is 2.64. The topological polar surface area (TPSA) is 67.3 Å². The molecule has 0 aliphatic carbocycles. The summed E-state index contributed by atoms with van der Waals surface area (Å²) in [6.07, 6.45) is 0.873. The summed E-state index contributed by atoms with van der Waals surface area (Å²) in [5.41, 5.74) is 2.45. The first kappa shape index (κ1) is 19.1.